The highest BCUT2D eigenvalue weighted by Gasteiger charge is 2.14. The highest BCUT2D eigenvalue weighted by molar-refractivity contribution is 5.66. The lowest BCUT2D eigenvalue weighted by molar-refractivity contribution is 0.503. The third kappa shape index (κ3) is 2.12. The third-order valence-electron chi connectivity index (χ3n) is 2.98. The Kier molecular flexibility index (Phi) is 2.83. The van der Waals surface area contributed by atoms with Gasteiger partial charge in [-0.15, -0.1) is 0 Å². The Labute approximate surface area is 110 Å². The van der Waals surface area contributed by atoms with Gasteiger partial charge in [0.15, 0.2) is 11.5 Å². The van der Waals surface area contributed by atoms with E-state index in [9.17, 15) is 0 Å². The van der Waals surface area contributed by atoms with Crippen molar-refractivity contribution in [3.05, 3.63) is 42.7 Å². The lowest BCUT2D eigenvalue weighted by atomic mass is 10.4. The SMILES string of the molecule is CCN(Cc1ccco1)c1nc(N)cn2ccnc12. The van der Waals surface area contributed by atoms with Gasteiger partial charge in [-0.2, -0.15) is 0 Å². The quantitative estimate of drug-likeness (QED) is 0.773. The van der Waals surface area contributed by atoms with Crippen LogP contribution in [0.15, 0.2) is 41.4 Å². The standard InChI is InChI=1S/C13H15N5O/c1-2-17(8-10-4-3-7-19-10)13-12-15-5-6-18(12)9-11(14)16-13/h3-7,9H,2,8,14H2,1H3. The number of nitrogen functional groups attached to an aromatic ring is 1. The number of rotatable bonds is 4. The number of nitrogens with zero attached hydrogens (tertiary/aromatic N) is 4. The molecule has 0 spiro atoms. The maximum atomic E-state index is 5.84. The second-order valence-corrected chi connectivity index (χ2v) is 4.24. The summed E-state index contributed by atoms with van der Waals surface area (Å²) in [4.78, 5) is 10.8. The van der Waals surface area contributed by atoms with Crippen molar-refractivity contribution < 1.29 is 4.42 Å². The van der Waals surface area contributed by atoms with Crippen molar-refractivity contribution >= 4 is 17.3 Å². The molecule has 0 aliphatic heterocycles. The molecular formula is C13H15N5O. The Morgan fingerprint density at radius 2 is 2.37 bits per heavy atom. The number of hydrogen-bond acceptors (Lipinski definition) is 5. The Hall–Kier alpha value is -2.50. The maximum Gasteiger partial charge on any atom is 0.180 e. The van der Waals surface area contributed by atoms with Crippen LogP contribution in [0.4, 0.5) is 11.6 Å². The minimum Gasteiger partial charge on any atom is -0.467 e. The Balaban J connectivity index is 2.03. The largest absolute Gasteiger partial charge is 0.467 e. The normalized spacial score (nSPS) is 11.0. The molecule has 0 bridgehead atoms. The van der Waals surface area contributed by atoms with Gasteiger partial charge in [0.25, 0.3) is 0 Å². The predicted octanol–water partition coefficient (Wildman–Crippen LogP) is 1.93. The van der Waals surface area contributed by atoms with E-state index in [1.54, 1.807) is 18.7 Å². The van der Waals surface area contributed by atoms with Crippen molar-refractivity contribution in [2.75, 3.05) is 17.2 Å². The molecule has 0 saturated carbocycles. The van der Waals surface area contributed by atoms with E-state index < -0.39 is 0 Å². The average Bonchev–Trinajstić information content (AvgIpc) is 3.05. The molecule has 0 aliphatic carbocycles. The first-order valence-electron chi connectivity index (χ1n) is 6.14. The van der Waals surface area contributed by atoms with E-state index in [1.807, 2.05) is 22.7 Å². The predicted molar refractivity (Wildman–Crippen MR) is 72.8 cm³/mol. The van der Waals surface area contributed by atoms with Gasteiger partial charge >= 0.3 is 0 Å². The molecule has 0 unspecified atom stereocenters. The molecule has 0 amide bonds. The van der Waals surface area contributed by atoms with Gasteiger partial charge < -0.3 is 19.5 Å². The van der Waals surface area contributed by atoms with E-state index in [0.29, 0.717) is 12.4 Å². The molecular weight excluding hydrogens is 242 g/mol. The van der Waals surface area contributed by atoms with Crippen LogP contribution in [-0.4, -0.2) is 20.9 Å². The molecule has 0 radical (unpaired) electrons. The summed E-state index contributed by atoms with van der Waals surface area (Å²) < 4.78 is 7.26. The van der Waals surface area contributed by atoms with Gasteiger partial charge in [0.05, 0.1) is 19.0 Å². The van der Waals surface area contributed by atoms with E-state index in [4.69, 9.17) is 10.2 Å². The van der Waals surface area contributed by atoms with Crippen LogP contribution in [0, 0.1) is 0 Å². The fourth-order valence-corrected chi connectivity index (χ4v) is 2.07. The van der Waals surface area contributed by atoms with E-state index in [0.717, 1.165) is 23.8 Å². The summed E-state index contributed by atoms with van der Waals surface area (Å²) in [7, 11) is 0. The molecule has 3 rings (SSSR count). The van der Waals surface area contributed by atoms with Crippen molar-refractivity contribution in [1.82, 2.24) is 14.4 Å². The van der Waals surface area contributed by atoms with Crippen LogP contribution in [-0.2, 0) is 6.54 Å². The molecule has 3 aromatic heterocycles. The smallest absolute Gasteiger partial charge is 0.180 e. The van der Waals surface area contributed by atoms with Crippen molar-refractivity contribution in [3.8, 4) is 0 Å². The molecule has 0 aliphatic rings. The number of anilines is 2. The summed E-state index contributed by atoms with van der Waals surface area (Å²) in [6.45, 7) is 3.50. The molecule has 6 nitrogen and oxygen atoms in total. The summed E-state index contributed by atoms with van der Waals surface area (Å²) in [6, 6.07) is 3.82. The second-order valence-electron chi connectivity index (χ2n) is 4.24. The Bertz CT molecular complexity index is 673. The fraction of sp³-hybridized carbons (Fsp3) is 0.231. The summed E-state index contributed by atoms with van der Waals surface area (Å²) in [5.41, 5.74) is 6.63. The minimum atomic E-state index is 0.471. The van der Waals surface area contributed by atoms with Crippen molar-refractivity contribution in [2.24, 2.45) is 0 Å². The number of furan rings is 1. The highest BCUT2D eigenvalue weighted by Crippen LogP contribution is 2.21. The van der Waals surface area contributed by atoms with Gasteiger partial charge in [-0.3, -0.25) is 0 Å². The van der Waals surface area contributed by atoms with Crippen LogP contribution in [0.3, 0.4) is 0 Å². The van der Waals surface area contributed by atoms with Crippen LogP contribution in [0.25, 0.3) is 5.65 Å². The Morgan fingerprint density at radius 3 is 3.11 bits per heavy atom. The highest BCUT2D eigenvalue weighted by atomic mass is 16.3. The molecule has 3 heterocycles. The lowest BCUT2D eigenvalue weighted by Gasteiger charge is -2.21. The van der Waals surface area contributed by atoms with Crippen LogP contribution in [0.5, 0.6) is 0 Å². The maximum absolute atomic E-state index is 5.84. The number of fused-ring (bicyclic) bond motifs is 1. The summed E-state index contributed by atoms with van der Waals surface area (Å²) in [5.74, 6) is 2.12. The van der Waals surface area contributed by atoms with E-state index >= 15 is 0 Å². The molecule has 0 aromatic carbocycles. The number of hydrogen-bond donors (Lipinski definition) is 1. The van der Waals surface area contributed by atoms with E-state index in [-0.39, 0.29) is 0 Å². The average molecular weight is 257 g/mol. The molecule has 19 heavy (non-hydrogen) atoms. The van der Waals surface area contributed by atoms with Crippen LogP contribution >= 0.6 is 0 Å². The number of aromatic nitrogens is 3. The zero-order valence-corrected chi connectivity index (χ0v) is 10.7. The summed E-state index contributed by atoms with van der Waals surface area (Å²) in [6.07, 6.45) is 7.02. The van der Waals surface area contributed by atoms with Gasteiger partial charge in [0.2, 0.25) is 0 Å². The molecule has 6 heteroatoms. The van der Waals surface area contributed by atoms with Gasteiger partial charge in [0.1, 0.15) is 11.6 Å². The van der Waals surface area contributed by atoms with Crippen molar-refractivity contribution in [2.45, 2.75) is 13.5 Å². The second kappa shape index (κ2) is 4.64. The number of nitrogens with two attached hydrogens (primary N) is 1. The van der Waals surface area contributed by atoms with Gasteiger partial charge in [-0.1, -0.05) is 0 Å². The van der Waals surface area contributed by atoms with Crippen LogP contribution in [0.1, 0.15) is 12.7 Å². The molecule has 3 aromatic rings. The molecule has 0 atom stereocenters. The van der Waals surface area contributed by atoms with E-state index in [1.165, 1.54) is 0 Å². The summed E-state index contributed by atoms with van der Waals surface area (Å²) >= 11 is 0. The lowest BCUT2D eigenvalue weighted by Crippen LogP contribution is -2.24. The third-order valence-corrected chi connectivity index (χ3v) is 2.98. The topological polar surface area (TPSA) is 72.6 Å². The van der Waals surface area contributed by atoms with Crippen molar-refractivity contribution in [3.63, 3.8) is 0 Å². The molecule has 2 N–H and O–H groups in total. The fourth-order valence-electron chi connectivity index (χ4n) is 2.07. The first-order valence-corrected chi connectivity index (χ1v) is 6.14. The molecule has 98 valence electrons. The monoisotopic (exact) mass is 257 g/mol. The zero-order valence-electron chi connectivity index (χ0n) is 10.7. The zero-order chi connectivity index (χ0) is 13.2. The minimum absolute atomic E-state index is 0.471. The molecule has 0 fully saturated rings. The van der Waals surface area contributed by atoms with Crippen LogP contribution < -0.4 is 10.6 Å². The first kappa shape index (κ1) is 11.6. The van der Waals surface area contributed by atoms with Crippen molar-refractivity contribution in [1.29, 1.82) is 0 Å². The van der Waals surface area contributed by atoms with E-state index in [2.05, 4.69) is 21.8 Å². The summed E-state index contributed by atoms with van der Waals surface area (Å²) in [5, 5.41) is 0. The van der Waals surface area contributed by atoms with Gasteiger partial charge in [0, 0.05) is 18.9 Å². The Morgan fingerprint density at radius 1 is 1.47 bits per heavy atom. The molecule has 0 saturated heterocycles. The van der Waals surface area contributed by atoms with Gasteiger partial charge in [-0.05, 0) is 19.1 Å². The van der Waals surface area contributed by atoms with Crippen LogP contribution in [0.2, 0.25) is 0 Å². The first-order chi connectivity index (χ1) is 9.28. The number of imidazole rings is 1. The van der Waals surface area contributed by atoms with Gasteiger partial charge in [-0.25, -0.2) is 9.97 Å².